The van der Waals surface area contributed by atoms with Gasteiger partial charge in [-0.2, -0.15) is 5.10 Å². The molecule has 3 N–H and O–H groups in total. The second-order valence-corrected chi connectivity index (χ2v) is 5.32. The second-order valence-electron chi connectivity index (χ2n) is 5.32. The monoisotopic (exact) mass is 325 g/mol. The van der Waals surface area contributed by atoms with Crippen LogP contribution in [0.5, 0.6) is 0 Å². The molecular formula is C18H23N5O. The third-order valence-corrected chi connectivity index (χ3v) is 3.83. The van der Waals surface area contributed by atoms with E-state index >= 15 is 0 Å². The highest BCUT2D eigenvalue weighted by molar-refractivity contribution is 5.95. The first kappa shape index (κ1) is 17.6. The number of hydrogen-bond donors (Lipinski definition) is 2. The number of nitrogens with one attached hydrogen (secondary N) is 1. The third-order valence-electron chi connectivity index (χ3n) is 3.83. The lowest BCUT2D eigenvalue weighted by atomic mass is 10.1. The Morgan fingerprint density at radius 2 is 1.96 bits per heavy atom. The van der Waals surface area contributed by atoms with E-state index in [0.717, 1.165) is 30.8 Å². The zero-order chi connectivity index (χ0) is 17.4. The number of hydrogen-bond acceptors (Lipinski definition) is 5. The van der Waals surface area contributed by atoms with Crippen LogP contribution >= 0.6 is 0 Å². The molecule has 0 aliphatic rings. The summed E-state index contributed by atoms with van der Waals surface area (Å²) < 4.78 is 0. The van der Waals surface area contributed by atoms with Gasteiger partial charge in [0.05, 0.1) is 6.21 Å². The molecule has 0 unspecified atom stereocenters. The average Bonchev–Trinajstić information content (AvgIpc) is 2.62. The molecule has 24 heavy (non-hydrogen) atoms. The van der Waals surface area contributed by atoms with Crippen molar-refractivity contribution < 1.29 is 4.79 Å². The summed E-state index contributed by atoms with van der Waals surface area (Å²) in [6.45, 7) is 6.98. The molecule has 2 rings (SSSR count). The van der Waals surface area contributed by atoms with Crippen molar-refractivity contribution in [2.45, 2.75) is 20.4 Å². The van der Waals surface area contributed by atoms with Gasteiger partial charge in [-0.25, -0.2) is 5.43 Å². The van der Waals surface area contributed by atoms with E-state index in [1.165, 1.54) is 0 Å². The van der Waals surface area contributed by atoms with E-state index in [2.05, 4.69) is 34.3 Å². The van der Waals surface area contributed by atoms with Crippen molar-refractivity contribution in [3.8, 4) is 0 Å². The van der Waals surface area contributed by atoms with Gasteiger partial charge in [0.15, 0.2) is 0 Å². The van der Waals surface area contributed by atoms with Gasteiger partial charge < -0.3 is 5.73 Å². The average molecular weight is 325 g/mol. The summed E-state index contributed by atoms with van der Waals surface area (Å²) in [5.74, 6) is -0.286. The van der Waals surface area contributed by atoms with Gasteiger partial charge in [0.1, 0.15) is 0 Å². The van der Waals surface area contributed by atoms with Gasteiger partial charge in [-0.15, -0.1) is 0 Å². The lowest BCUT2D eigenvalue weighted by Crippen LogP contribution is -2.23. The van der Waals surface area contributed by atoms with Gasteiger partial charge in [-0.05, 0) is 30.8 Å². The molecule has 1 heterocycles. The Hall–Kier alpha value is -2.73. The Labute approximate surface area is 142 Å². The van der Waals surface area contributed by atoms with E-state index in [1.54, 1.807) is 30.7 Å². The third kappa shape index (κ3) is 4.63. The molecule has 0 spiro atoms. The van der Waals surface area contributed by atoms with Crippen LogP contribution < -0.4 is 11.2 Å². The van der Waals surface area contributed by atoms with Crippen molar-refractivity contribution in [1.29, 1.82) is 0 Å². The van der Waals surface area contributed by atoms with Crippen LogP contribution in [0.4, 0.5) is 5.69 Å². The van der Waals surface area contributed by atoms with Crippen LogP contribution in [0.25, 0.3) is 0 Å². The van der Waals surface area contributed by atoms with Crippen LogP contribution in [0.1, 0.15) is 35.3 Å². The predicted molar refractivity (Wildman–Crippen MR) is 96.8 cm³/mol. The lowest BCUT2D eigenvalue weighted by Gasteiger charge is -2.19. The number of pyridine rings is 1. The Kier molecular flexibility index (Phi) is 6.45. The smallest absolute Gasteiger partial charge is 0.271 e. The number of nitrogens with two attached hydrogens (primary N) is 1. The number of anilines is 1. The number of carbonyl (C=O) groups is 1. The Morgan fingerprint density at radius 1 is 1.25 bits per heavy atom. The number of aromatic nitrogens is 1. The largest absolute Gasteiger partial charge is 0.398 e. The van der Waals surface area contributed by atoms with E-state index in [1.807, 2.05) is 18.2 Å². The molecule has 6 heteroatoms. The van der Waals surface area contributed by atoms with Gasteiger partial charge in [0.25, 0.3) is 5.91 Å². The Balaban J connectivity index is 2.05. The molecule has 0 saturated heterocycles. The quantitative estimate of drug-likeness (QED) is 0.465. The predicted octanol–water partition coefficient (Wildman–Crippen LogP) is 2.27. The van der Waals surface area contributed by atoms with Crippen LogP contribution in [0.2, 0.25) is 0 Å². The first-order valence-corrected chi connectivity index (χ1v) is 7.98. The summed E-state index contributed by atoms with van der Waals surface area (Å²) >= 11 is 0. The number of amides is 1. The Bertz CT molecular complexity index is 696. The van der Waals surface area contributed by atoms with Gasteiger partial charge in [-0.1, -0.05) is 32.0 Å². The maximum atomic E-state index is 11.9. The van der Waals surface area contributed by atoms with Crippen LogP contribution in [0, 0.1) is 0 Å². The summed E-state index contributed by atoms with van der Waals surface area (Å²) in [4.78, 5) is 18.1. The van der Waals surface area contributed by atoms with Crippen molar-refractivity contribution >= 4 is 17.8 Å². The molecule has 0 atom stereocenters. The number of carbonyl (C=O) groups excluding carboxylic acids is 1. The zero-order valence-electron chi connectivity index (χ0n) is 14.1. The maximum absolute atomic E-state index is 11.9. The van der Waals surface area contributed by atoms with Crippen LogP contribution in [-0.2, 0) is 6.54 Å². The van der Waals surface area contributed by atoms with Gasteiger partial charge >= 0.3 is 0 Å². The molecule has 0 bridgehead atoms. The molecule has 0 aliphatic heterocycles. The van der Waals surface area contributed by atoms with Gasteiger partial charge in [-0.3, -0.25) is 14.7 Å². The first-order chi connectivity index (χ1) is 11.7. The number of rotatable bonds is 7. The van der Waals surface area contributed by atoms with Gasteiger partial charge in [0, 0.05) is 35.8 Å². The molecule has 6 nitrogen and oxygen atoms in total. The highest BCUT2D eigenvalue weighted by Gasteiger charge is 2.07. The molecule has 0 saturated carbocycles. The summed E-state index contributed by atoms with van der Waals surface area (Å²) in [5, 5.41) is 4.00. The SMILES string of the molecule is CCN(CC)Cc1cccc(/C=N/NC(=O)c2ccncc2)c1N. The fourth-order valence-electron chi connectivity index (χ4n) is 2.30. The summed E-state index contributed by atoms with van der Waals surface area (Å²) in [6, 6.07) is 9.10. The number of hydrazone groups is 1. The standard InChI is InChI=1S/C18H23N5O/c1-3-23(4-2)13-16-7-5-6-15(17(16)19)12-21-22-18(24)14-8-10-20-11-9-14/h5-12H,3-4,13,19H2,1-2H3,(H,22,24)/b21-12+. The van der Waals surface area contributed by atoms with Crippen molar-refractivity contribution in [3.05, 3.63) is 59.4 Å². The number of nitrogen functional groups attached to an aromatic ring is 1. The van der Waals surface area contributed by atoms with E-state index in [9.17, 15) is 4.79 Å². The number of nitrogens with zero attached hydrogens (tertiary/aromatic N) is 3. The maximum Gasteiger partial charge on any atom is 0.271 e. The normalized spacial score (nSPS) is 11.1. The molecule has 2 aromatic rings. The highest BCUT2D eigenvalue weighted by atomic mass is 16.2. The van der Waals surface area contributed by atoms with Crippen molar-refractivity contribution in [2.24, 2.45) is 5.10 Å². The molecule has 126 valence electrons. The van der Waals surface area contributed by atoms with Crippen LogP contribution in [0.15, 0.2) is 47.8 Å². The molecule has 0 aliphatic carbocycles. The number of para-hydroxylation sites is 1. The highest BCUT2D eigenvalue weighted by Crippen LogP contribution is 2.17. The van der Waals surface area contributed by atoms with Crippen LogP contribution in [0.3, 0.4) is 0 Å². The molecule has 0 radical (unpaired) electrons. The topological polar surface area (TPSA) is 83.6 Å². The first-order valence-electron chi connectivity index (χ1n) is 7.98. The number of benzene rings is 1. The minimum atomic E-state index is -0.286. The fraction of sp³-hybridized carbons (Fsp3) is 0.278. The minimum Gasteiger partial charge on any atom is -0.398 e. The van der Waals surface area contributed by atoms with Crippen molar-refractivity contribution in [2.75, 3.05) is 18.8 Å². The minimum absolute atomic E-state index is 0.286. The van der Waals surface area contributed by atoms with Crippen molar-refractivity contribution in [3.63, 3.8) is 0 Å². The second kappa shape index (κ2) is 8.79. The summed E-state index contributed by atoms with van der Waals surface area (Å²) in [7, 11) is 0. The van der Waals surface area contributed by atoms with E-state index in [-0.39, 0.29) is 5.91 Å². The molecular weight excluding hydrogens is 302 g/mol. The van der Waals surface area contributed by atoms with E-state index in [4.69, 9.17) is 5.73 Å². The fourth-order valence-corrected chi connectivity index (χ4v) is 2.30. The summed E-state index contributed by atoms with van der Waals surface area (Å²) in [6.07, 6.45) is 4.70. The molecule has 1 amide bonds. The zero-order valence-corrected chi connectivity index (χ0v) is 14.1. The summed E-state index contributed by atoms with van der Waals surface area (Å²) in [5.41, 5.74) is 11.8. The lowest BCUT2D eigenvalue weighted by molar-refractivity contribution is 0.0955. The van der Waals surface area contributed by atoms with Crippen LogP contribution in [-0.4, -0.2) is 35.1 Å². The molecule has 0 fully saturated rings. The molecule has 1 aromatic carbocycles. The Morgan fingerprint density at radius 3 is 2.62 bits per heavy atom. The molecule has 1 aromatic heterocycles. The van der Waals surface area contributed by atoms with E-state index < -0.39 is 0 Å². The van der Waals surface area contributed by atoms with E-state index in [0.29, 0.717) is 11.3 Å². The van der Waals surface area contributed by atoms with Crippen molar-refractivity contribution in [1.82, 2.24) is 15.3 Å². The van der Waals surface area contributed by atoms with Gasteiger partial charge in [0.2, 0.25) is 0 Å².